The molecule has 0 spiro atoms. The lowest BCUT2D eigenvalue weighted by atomic mass is 9.96. The first-order chi connectivity index (χ1) is 14.0. The van der Waals surface area contributed by atoms with Crippen molar-refractivity contribution < 1.29 is 18.5 Å². The van der Waals surface area contributed by atoms with Crippen LogP contribution in [0.25, 0.3) is 0 Å². The van der Waals surface area contributed by atoms with E-state index in [-0.39, 0.29) is 5.09 Å². The van der Waals surface area contributed by atoms with Crippen molar-refractivity contribution in [2.45, 2.75) is 69.0 Å². The molecule has 1 aromatic heterocycles. The van der Waals surface area contributed by atoms with Gasteiger partial charge < -0.3 is 14.8 Å². The molecule has 0 bridgehead atoms. The van der Waals surface area contributed by atoms with E-state index < -0.39 is 23.1 Å². The van der Waals surface area contributed by atoms with Crippen LogP contribution in [0.15, 0.2) is 20.0 Å². The molecule has 3 aliphatic carbocycles. The van der Waals surface area contributed by atoms with Crippen molar-refractivity contribution in [3.63, 3.8) is 0 Å². The normalized spacial score (nSPS) is 20.7. The van der Waals surface area contributed by atoms with Crippen molar-refractivity contribution in [1.82, 2.24) is 4.72 Å². The van der Waals surface area contributed by atoms with Crippen LogP contribution in [0.2, 0.25) is 0 Å². The van der Waals surface area contributed by atoms with Crippen molar-refractivity contribution >= 4 is 38.6 Å². The largest absolute Gasteiger partial charge is 0.420 e. The van der Waals surface area contributed by atoms with Crippen LogP contribution in [0, 0.1) is 0 Å². The molecule has 2 unspecified atom stereocenters. The summed E-state index contributed by atoms with van der Waals surface area (Å²) in [6, 6.07) is 1.14. The smallest absolute Gasteiger partial charge is 0.360 e. The number of carbonyl (C=O) groups is 1. The van der Waals surface area contributed by atoms with E-state index in [1.165, 1.54) is 26.7 Å². The monoisotopic (exact) mass is 479 g/mol. The fourth-order valence-corrected chi connectivity index (χ4v) is 6.62. The highest BCUT2D eigenvalue weighted by Gasteiger charge is 2.31. The summed E-state index contributed by atoms with van der Waals surface area (Å²) in [4.78, 5) is 12.7. The van der Waals surface area contributed by atoms with Crippen molar-refractivity contribution in [3.05, 3.63) is 44.1 Å². The third-order valence-corrected chi connectivity index (χ3v) is 8.26. The van der Waals surface area contributed by atoms with Gasteiger partial charge in [0.25, 0.3) is 0 Å². The maximum atomic E-state index is 12.7. The Bertz CT molecular complexity index is 997. The Hall–Kier alpha value is -1.64. The summed E-state index contributed by atoms with van der Waals surface area (Å²) < 4.78 is 22.1. The van der Waals surface area contributed by atoms with Crippen molar-refractivity contribution in [3.8, 4) is 0 Å². The van der Waals surface area contributed by atoms with Crippen molar-refractivity contribution in [1.29, 1.82) is 0 Å². The summed E-state index contributed by atoms with van der Waals surface area (Å²) in [5.41, 5.74) is 6.62. The predicted octanol–water partition coefficient (Wildman–Crippen LogP) is 4.18. The number of furan rings is 1. The maximum absolute atomic E-state index is 12.7. The molecule has 0 saturated carbocycles. The molecule has 29 heavy (non-hydrogen) atoms. The zero-order valence-electron chi connectivity index (χ0n) is 16.0. The lowest BCUT2D eigenvalue weighted by Gasteiger charge is -2.17. The minimum atomic E-state index is -2.23. The van der Waals surface area contributed by atoms with Crippen molar-refractivity contribution in [2.24, 2.45) is 0 Å². The molecule has 0 radical (unpaired) electrons. The van der Waals surface area contributed by atoms with E-state index in [0.717, 1.165) is 57.1 Å². The molecule has 0 aliphatic heterocycles. The van der Waals surface area contributed by atoms with Gasteiger partial charge in [0.05, 0.1) is 6.10 Å². The first-order valence-electron chi connectivity index (χ1n) is 10.2. The molecule has 1 heterocycles. The number of halogens is 1. The van der Waals surface area contributed by atoms with E-state index in [0.29, 0.717) is 17.7 Å². The van der Waals surface area contributed by atoms with Gasteiger partial charge in [-0.05, 0) is 73.6 Å². The number of anilines is 1. The van der Waals surface area contributed by atoms with Crippen LogP contribution in [0.5, 0.6) is 0 Å². The topological polar surface area (TPSA) is 91.6 Å². The molecule has 2 aromatic rings. The molecule has 8 heteroatoms. The molecule has 2 atom stereocenters. The van der Waals surface area contributed by atoms with Crippen LogP contribution in [0.3, 0.4) is 0 Å². The van der Waals surface area contributed by atoms with Gasteiger partial charge in [-0.25, -0.2) is 4.79 Å². The van der Waals surface area contributed by atoms with Crippen molar-refractivity contribution in [2.75, 3.05) is 5.32 Å². The number of thiol groups is 1. The number of benzene rings is 1. The number of hydrogen-bond acceptors (Lipinski definition) is 4. The lowest BCUT2D eigenvalue weighted by molar-refractivity contribution is 0.152. The first-order valence-corrected chi connectivity index (χ1v) is 12.3. The quantitative estimate of drug-likeness (QED) is 0.454. The highest BCUT2D eigenvalue weighted by atomic mass is 79.9. The second-order valence-corrected chi connectivity index (χ2v) is 10.1. The molecule has 3 N–H and O–H groups in total. The SMILES string of the molecule is O=C(Nc1c2c(c(Br)c3c1CCC3)CCC2)N[SH+](=O)c1cc2c(o1)CCCC2O. The molecule has 1 aromatic carbocycles. The number of amides is 2. The van der Waals surface area contributed by atoms with Crippen LogP contribution in [-0.4, -0.2) is 11.1 Å². The summed E-state index contributed by atoms with van der Waals surface area (Å²) >= 11 is 3.78. The molecule has 0 saturated heterocycles. The van der Waals surface area contributed by atoms with Gasteiger partial charge in [-0.15, -0.1) is 4.72 Å². The lowest BCUT2D eigenvalue weighted by Crippen LogP contribution is -2.31. The van der Waals surface area contributed by atoms with E-state index in [9.17, 15) is 14.1 Å². The van der Waals surface area contributed by atoms with E-state index in [1.807, 2.05) is 0 Å². The molecule has 5 rings (SSSR count). The molecule has 3 aliphatic rings. The number of nitrogens with one attached hydrogen (secondary N) is 2. The fourth-order valence-electron chi connectivity index (χ4n) is 4.94. The summed E-state index contributed by atoms with van der Waals surface area (Å²) in [6.07, 6.45) is 7.77. The number of urea groups is 1. The number of rotatable bonds is 3. The van der Waals surface area contributed by atoms with E-state index in [2.05, 4.69) is 26.0 Å². The number of aryl methyl sites for hydroxylation is 1. The Morgan fingerprint density at radius 3 is 2.38 bits per heavy atom. The predicted molar refractivity (Wildman–Crippen MR) is 115 cm³/mol. The minimum Gasteiger partial charge on any atom is -0.420 e. The average Bonchev–Trinajstić information content (AvgIpc) is 3.44. The third-order valence-electron chi connectivity index (χ3n) is 6.28. The van der Waals surface area contributed by atoms with Gasteiger partial charge in [0, 0.05) is 28.2 Å². The summed E-state index contributed by atoms with van der Waals surface area (Å²) in [7, 11) is -2.23. The van der Waals surface area contributed by atoms with Gasteiger partial charge in [0.1, 0.15) is 5.76 Å². The molecular weight excluding hydrogens is 456 g/mol. The Labute approximate surface area is 180 Å². The zero-order valence-corrected chi connectivity index (χ0v) is 18.5. The van der Waals surface area contributed by atoms with Gasteiger partial charge in [-0.3, -0.25) is 0 Å². The van der Waals surface area contributed by atoms with Gasteiger partial charge in [0.2, 0.25) is 11.0 Å². The maximum Gasteiger partial charge on any atom is 0.360 e. The number of hydrogen-bond donors (Lipinski definition) is 3. The number of aliphatic hydroxyl groups is 1. The van der Waals surface area contributed by atoms with Gasteiger partial charge in [-0.1, -0.05) is 20.1 Å². The van der Waals surface area contributed by atoms with E-state index in [1.54, 1.807) is 6.07 Å². The van der Waals surface area contributed by atoms with Gasteiger partial charge in [0.15, 0.2) is 0 Å². The Balaban J connectivity index is 1.36. The standard InChI is InChI=1S/C21H23BrN2O4S/c22-19-11-4-1-6-13(11)20(14-7-2-5-12(14)19)23-21(26)24-29(27)18-10-15-16(25)8-3-9-17(15)28-18/h10,16,25H,1-9H2,(H2,23,24,26,27)/p+1. The summed E-state index contributed by atoms with van der Waals surface area (Å²) in [6.45, 7) is 0. The van der Waals surface area contributed by atoms with Gasteiger partial charge in [-0.2, -0.15) is 0 Å². The molecule has 6 nitrogen and oxygen atoms in total. The Morgan fingerprint density at radius 1 is 1.07 bits per heavy atom. The molecular formula is C21H24BrN2O4S+. The minimum absolute atomic E-state index is 0.215. The second-order valence-electron chi connectivity index (χ2n) is 8.04. The van der Waals surface area contributed by atoms with Crippen LogP contribution in [0.1, 0.15) is 65.4 Å². The third kappa shape index (κ3) is 3.35. The fraction of sp³-hybridized carbons (Fsp3) is 0.476. The first kappa shape index (κ1) is 19.3. The number of carbonyl (C=O) groups excluding carboxylic acids is 1. The molecule has 0 fully saturated rings. The summed E-state index contributed by atoms with van der Waals surface area (Å²) in [5, 5.41) is 13.3. The number of aliphatic hydroxyl groups excluding tert-OH is 1. The summed E-state index contributed by atoms with van der Waals surface area (Å²) in [5.74, 6) is 0.674. The van der Waals surface area contributed by atoms with Gasteiger partial charge >= 0.3 is 11.1 Å². The van der Waals surface area contributed by atoms with E-state index >= 15 is 0 Å². The average molecular weight is 480 g/mol. The highest BCUT2D eigenvalue weighted by molar-refractivity contribution is 9.10. The van der Waals surface area contributed by atoms with Crippen LogP contribution >= 0.6 is 15.9 Å². The highest BCUT2D eigenvalue weighted by Crippen LogP contribution is 2.44. The zero-order chi connectivity index (χ0) is 20.1. The number of fused-ring (bicyclic) bond motifs is 3. The Kier molecular flexibility index (Phi) is 5.04. The second kappa shape index (κ2) is 7.56. The van der Waals surface area contributed by atoms with Crippen LogP contribution in [0.4, 0.5) is 10.5 Å². The molecule has 154 valence electrons. The molecule has 2 amide bonds. The Morgan fingerprint density at radius 2 is 1.72 bits per heavy atom. The van der Waals surface area contributed by atoms with Crippen LogP contribution in [-0.2, 0) is 47.3 Å². The van der Waals surface area contributed by atoms with Crippen LogP contribution < -0.4 is 10.0 Å². The van der Waals surface area contributed by atoms with E-state index in [4.69, 9.17) is 4.42 Å².